The lowest BCUT2D eigenvalue weighted by atomic mass is 10.1. The molecule has 0 heterocycles. The van der Waals surface area contributed by atoms with Crippen molar-refractivity contribution in [2.24, 2.45) is 5.92 Å². The van der Waals surface area contributed by atoms with Gasteiger partial charge in [0.05, 0.1) is 11.1 Å². The molecule has 102 valence electrons. The van der Waals surface area contributed by atoms with Gasteiger partial charge in [0.25, 0.3) is 0 Å². The second-order valence-electron chi connectivity index (χ2n) is 5.06. The Morgan fingerprint density at radius 3 is 2.55 bits per heavy atom. The van der Waals surface area contributed by atoms with Gasteiger partial charge in [-0.25, -0.2) is 4.79 Å². The van der Waals surface area contributed by atoms with Crippen molar-refractivity contribution >= 4 is 11.7 Å². The molecule has 1 N–H and O–H groups in total. The highest BCUT2D eigenvalue weighted by molar-refractivity contribution is 5.78. The molecule has 1 unspecified atom stereocenters. The first-order valence-corrected chi connectivity index (χ1v) is 6.50. The average Bonchev–Trinajstić information content (AvgIpc) is 3.27. The average molecular weight is 269 g/mol. The summed E-state index contributed by atoms with van der Waals surface area (Å²) in [5.41, 5.74) is 1.27. The topological polar surface area (TPSA) is 88.1 Å². The summed E-state index contributed by atoms with van der Waals surface area (Å²) < 4.78 is 0. The van der Waals surface area contributed by atoms with Crippen LogP contribution in [0.1, 0.15) is 30.9 Å². The van der Waals surface area contributed by atoms with Crippen LogP contribution in [0.15, 0.2) is 18.2 Å². The van der Waals surface area contributed by atoms with Gasteiger partial charge in [0, 0.05) is 12.2 Å². The molecule has 0 aromatic heterocycles. The van der Waals surface area contributed by atoms with Crippen LogP contribution in [0.3, 0.4) is 0 Å². The molecule has 5 heteroatoms. The van der Waals surface area contributed by atoms with Gasteiger partial charge in [0.1, 0.15) is 18.2 Å². The first-order valence-electron chi connectivity index (χ1n) is 6.50. The minimum absolute atomic E-state index is 0.281. The van der Waals surface area contributed by atoms with E-state index in [1.807, 2.05) is 12.1 Å². The molecule has 0 radical (unpaired) electrons. The fourth-order valence-electron chi connectivity index (χ4n) is 2.10. The predicted molar refractivity (Wildman–Crippen MR) is 73.0 cm³/mol. The molecular formula is C15H15N3O2. The molecule has 0 spiro atoms. The van der Waals surface area contributed by atoms with E-state index in [4.69, 9.17) is 10.5 Å². The number of nitriles is 2. The van der Waals surface area contributed by atoms with E-state index in [1.54, 1.807) is 30.0 Å². The number of carboxylic acids is 1. The minimum Gasteiger partial charge on any atom is -0.480 e. The number of aliphatic carboxylic acids is 1. The normalized spacial score (nSPS) is 14.9. The van der Waals surface area contributed by atoms with Crippen molar-refractivity contribution in [2.75, 3.05) is 11.4 Å². The lowest BCUT2D eigenvalue weighted by molar-refractivity contribution is -0.138. The van der Waals surface area contributed by atoms with Gasteiger partial charge in [-0.15, -0.1) is 0 Å². The zero-order valence-corrected chi connectivity index (χ0v) is 11.2. The molecule has 0 saturated heterocycles. The number of benzene rings is 1. The van der Waals surface area contributed by atoms with Crippen LogP contribution >= 0.6 is 0 Å². The molecule has 0 aliphatic heterocycles. The third-order valence-corrected chi connectivity index (χ3v) is 3.55. The Bertz CT molecular complexity index is 609. The molecule has 1 aliphatic rings. The van der Waals surface area contributed by atoms with Gasteiger partial charge in [0.15, 0.2) is 0 Å². The number of nitrogens with zero attached hydrogens (tertiary/aromatic N) is 3. The Labute approximate surface area is 117 Å². The first-order chi connectivity index (χ1) is 9.56. The van der Waals surface area contributed by atoms with Crippen molar-refractivity contribution in [3.8, 4) is 12.1 Å². The summed E-state index contributed by atoms with van der Waals surface area (Å²) in [6, 6.07) is 8.16. The van der Waals surface area contributed by atoms with Crippen molar-refractivity contribution in [3.63, 3.8) is 0 Å². The Morgan fingerprint density at radius 2 is 2.05 bits per heavy atom. The van der Waals surface area contributed by atoms with Gasteiger partial charge in [-0.3, -0.25) is 0 Å². The molecule has 1 aromatic carbocycles. The smallest absolute Gasteiger partial charge is 0.326 e. The zero-order chi connectivity index (χ0) is 14.7. The van der Waals surface area contributed by atoms with E-state index in [2.05, 4.69) is 0 Å². The lowest BCUT2D eigenvalue weighted by Gasteiger charge is -2.29. The maximum atomic E-state index is 11.2. The van der Waals surface area contributed by atoms with Gasteiger partial charge in [-0.1, -0.05) is 0 Å². The zero-order valence-electron chi connectivity index (χ0n) is 11.2. The van der Waals surface area contributed by atoms with E-state index >= 15 is 0 Å². The second-order valence-corrected chi connectivity index (χ2v) is 5.06. The standard InChI is InChI=1S/C15H15N3O2/c1-10(15(19)20)18(9-11-2-3-11)14-5-4-12(7-16)13(6-14)8-17/h4-6,10-11H,2-3,9H2,1H3,(H,19,20). The van der Waals surface area contributed by atoms with Gasteiger partial charge < -0.3 is 10.0 Å². The minimum atomic E-state index is -0.895. The molecule has 0 amide bonds. The number of hydrogen-bond donors (Lipinski definition) is 1. The number of carboxylic acid groups (broad SMARTS) is 1. The first kappa shape index (κ1) is 13.9. The van der Waals surface area contributed by atoms with Crippen LogP contribution in [-0.4, -0.2) is 23.7 Å². The number of rotatable bonds is 5. The molecular weight excluding hydrogens is 254 g/mol. The Kier molecular flexibility index (Phi) is 3.91. The van der Waals surface area contributed by atoms with Crippen molar-refractivity contribution < 1.29 is 9.90 Å². The molecule has 2 rings (SSSR count). The number of anilines is 1. The largest absolute Gasteiger partial charge is 0.480 e. The number of hydrogen-bond acceptors (Lipinski definition) is 4. The van der Waals surface area contributed by atoms with E-state index in [-0.39, 0.29) is 5.56 Å². The quantitative estimate of drug-likeness (QED) is 0.884. The van der Waals surface area contributed by atoms with Crippen molar-refractivity contribution in [3.05, 3.63) is 29.3 Å². The van der Waals surface area contributed by atoms with Crippen LogP contribution in [0.2, 0.25) is 0 Å². The maximum absolute atomic E-state index is 11.2. The van der Waals surface area contributed by atoms with E-state index in [1.165, 1.54) is 0 Å². The molecule has 20 heavy (non-hydrogen) atoms. The lowest BCUT2D eigenvalue weighted by Crippen LogP contribution is -2.40. The van der Waals surface area contributed by atoms with Crippen LogP contribution in [0.25, 0.3) is 0 Å². The van der Waals surface area contributed by atoms with Gasteiger partial charge in [-0.05, 0) is 43.9 Å². The Balaban J connectivity index is 2.35. The van der Waals surface area contributed by atoms with Crippen LogP contribution in [-0.2, 0) is 4.79 Å². The van der Waals surface area contributed by atoms with Crippen LogP contribution in [0, 0.1) is 28.6 Å². The Morgan fingerprint density at radius 1 is 1.40 bits per heavy atom. The van der Waals surface area contributed by atoms with Gasteiger partial charge >= 0.3 is 5.97 Å². The van der Waals surface area contributed by atoms with Gasteiger partial charge in [0.2, 0.25) is 0 Å². The predicted octanol–water partition coefficient (Wildman–Crippen LogP) is 2.12. The van der Waals surface area contributed by atoms with E-state index in [9.17, 15) is 9.90 Å². The second kappa shape index (κ2) is 5.63. The molecule has 0 bridgehead atoms. The fraction of sp³-hybridized carbons (Fsp3) is 0.400. The molecule has 1 aromatic rings. The highest BCUT2D eigenvalue weighted by Gasteiger charge is 2.29. The van der Waals surface area contributed by atoms with Crippen LogP contribution in [0.5, 0.6) is 0 Å². The summed E-state index contributed by atoms with van der Waals surface area (Å²) in [5, 5.41) is 27.2. The van der Waals surface area contributed by atoms with Gasteiger partial charge in [-0.2, -0.15) is 10.5 Å². The van der Waals surface area contributed by atoms with Crippen molar-refractivity contribution in [1.82, 2.24) is 0 Å². The van der Waals surface area contributed by atoms with E-state index in [0.29, 0.717) is 23.7 Å². The van der Waals surface area contributed by atoms with Crippen LogP contribution < -0.4 is 4.90 Å². The molecule has 1 aliphatic carbocycles. The molecule has 5 nitrogen and oxygen atoms in total. The van der Waals surface area contributed by atoms with Crippen molar-refractivity contribution in [2.45, 2.75) is 25.8 Å². The highest BCUT2D eigenvalue weighted by atomic mass is 16.4. The maximum Gasteiger partial charge on any atom is 0.326 e. The summed E-state index contributed by atoms with van der Waals surface area (Å²) in [4.78, 5) is 13.0. The monoisotopic (exact) mass is 269 g/mol. The Hall–Kier alpha value is -2.53. The number of carbonyl (C=O) groups is 1. The summed E-state index contributed by atoms with van der Waals surface area (Å²) in [5.74, 6) is -0.369. The molecule has 1 atom stereocenters. The molecule has 1 fully saturated rings. The SMILES string of the molecule is CC(C(=O)O)N(CC1CC1)c1ccc(C#N)c(C#N)c1. The van der Waals surface area contributed by atoms with E-state index in [0.717, 1.165) is 12.8 Å². The summed E-state index contributed by atoms with van der Waals surface area (Å²) in [6.45, 7) is 2.30. The highest BCUT2D eigenvalue weighted by Crippen LogP contribution is 2.32. The van der Waals surface area contributed by atoms with E-state index < -0.39 is 12.0 Å². The van der Waals surface area contributed by atoms with Crippen LogP contribution in [0.4, 0.5) is 5.69 Å². The summed E-state index contributed by atoms with van der Waals surface area (Å²) >= 11 is 0. The summed E-state index contributed by atoms with van der Waals surface area (Å²) in [6.07, 6.45) is 2.23. The third-order valence-electron chi connectivity index (χ3n) is 3.55. The summed E-state index contributed by atoms with van der Waals surface area (Å²) in [7, 11) is 0. The molecule has 1 saturated carbocycles. The van der Waals surface area contributed by atoms with Crippen molar-refractivity contribution in [1.29, 1.82) is 10.5 Å². The third kappa shape index (κ3) is 2.89. The fourth-order valence-corrected chi connectivity index (χ4v) is 2.10.